The molecule has 36 heavy (non-hydrogen) atoms. The highest BCUT2D eigenvalue weighted by molar-refractivity contribution is 6.09. The van der Waals surface area contributed by atoms with Crippen LogP contribution in [-0.4, -0.2) is 36.8 Å². The second-order valence-electron chi connectivity index (χ2n) is 9.02. The van der Waals surface area contributed by atoms with E-state index in [1.165, 1.54) is 11.1 Å². The third-order valence-corrected chi connectivity index (χ3v) is 6.14. The van der Waals surface area contributed by atoms with Crippen molar-refractivity contribution >= 4 is 22.9 Å². The molecule has 9 heteroatoms. The number of rotatable bonds is 6. The summed E-state index contributed by atoms with van der Waals surface area (Å²) >= 11 is 0. The first-order valence-electron chi connectivity index (χ1n) is 11.8. The van der Waals surface area contributed by atoms with Crippen molar-refractivity contribution in [2.45, 2.75) is 33.0 Å². The zero-order valence-electron chi connectivity index (χ0n) is 20.0. The van der Waals surface area contributed by atoms with Crippen LogP contribution in [0, 0.1) is 0 Å². The molecule has 0 saturated carbocycles. The van der Waals surface area contributed by atoms with Crippen LogP contribution in [0.5, 0.6) is 5.75 Å². The summed E-state index contributed by atoms with van der Waals surface area (Å²) in [6, 6.07) is 17.5. The summed E-state index contributed by atoms with van der Waals surface area (Å²) in [6.45, 7) is 5.31. The van der Waals surface area contributed by atoms with Crippen molar-refractivity contribution in [3.8, 4) is 17.0 Å². The first kappa shape index (κ1) is 21.8. The van der Waals surface area contributed by atoms with Crippen molar-refractivity contribution in [1.29, 1.82) is 0 Å². The normalized spacial score (nSPS) is 12.8. The second kappa shape index (κ2) is 8.84. The van der Waals surface area contributed by atoms with Crippen molar-refractivity contribution in [3.63, 3.8) is 0 Å². The summed E-state index contributed by atoms with van der Waals surface area (Å²) in [6.07, 6.45) is 5.33. The average Bonchev–Trinajstić information content (AvgIpc) is 3.62. The van der Waals surface area contributed by atoms with Crippen LogP contribution in [0.3, 0.4) is 0 Å². The van der Waals surface area contributed by atoms with Crippen molar-refractivity contribution in [2.24, 2.45) is 0 Å². The quantitative estimate of drug-likeness (QED) is 0.367. The molecule has 5 aromatic rings. The molecular formula is C27H25N7O2. The lowest BCUT2D eigenvalue weighted by atomic mass is 10.1. The predicted molar refractivity (Wildman–Crippen MR) is 137 cm³/mol. The summed E-state index contributed by atoms with van der Waals surface area (Å²) < 4.78 is 7.43. The number of nitrogens with one attached hydrogen (secondary N) is 2. The number of benzene rings is 2. The van der Waals surface area contributed by atoms with Gasteiger partial charge in [-0.2, -0.15) is 10.2 Å². The maximum atomic E-state index is 13.6. The van der Waals surface area contributed by atoms with Gasteiger partial charge in [-0.15, -0.1) is 0 Å². The molecule has 9 nitrogen and oxygen atoms in total. The van der Waals surface area contributed by atoms with Crippen LogP contribution >= 0.6 is 0 Å². The van der Waals surface area contributed by atoms with Crippen LogP contribution < -0.4 is 15.0 Å². The van der Waals surface area contributed by atoms with Gasteiger partial charge < -0.3 is 15.0 Å². The van der Waals surface area contributed by atoms with Crippen molar-refractivity contribution < 1.29 is 9.53 Å². The van der Waals surface area contributed by atoms with E-state index in [9.17, 15) is 4.79 Å². The van der Waals surface area contributed by atoms with Crippen LogP contribution in [0.2, 0.25) is 0 Å². The van der Waals surface area contributed by atoms with Gasteiger partial charge in [0.05, 0.1) is 18.0 Å². The topological polar surface area (TPSA) is 100 Å². The number of nitrogens with zero attached hydrogens (tertiary/aromatic N) is 5. The summed E-state index contributed by atoms with van der Waals surface area (Å²) in [4.78, 5) is 20.4. The molecule has 3 aromatic heterocycles. The van der Waals surface area contributed by atoms with Crippen LogP contribution in [0.15, 0.2) is 73.2 Å². The summed E-state index contributed by atoms with van der Waals surface area (Å²) in [7, 11) is 0. The SMILES string of the molecule is CC(C)Oc1ccc(NC(=O)c2nn3c(-c4cn[nH]c4)ccnc3c2N2Cc3ccccc3C2)cc1. The maximum Gasteiger partial charge on any atom is 0.278 e. The van der Waals surface area contributed by atoms with Gasteiger partial charge in [0, 0.05) is 36.7 Å². The van der Waals surface area contributed by atoms with Gasteiger partial charge in [0.2, 0.25) is 0 Å². The summed E-state index contributed by atoms with van der Waals surface area (Å²) in [5.74, 6) is 0.447. The lowest BCUT2D eigenvalue weighted by Crippen LogP contribution is -2.20. The molecular weight excluding hydrogens is 454 g/mol. The first-order chi connectivity index (χ1) is 17.6. The molecule has 2 N–H and O–H groups in total. The fraction of sp³-hybridized carbons (Fsp3) is 0.185. The van der Waals surface area contributed by atoms with E-state index in [0.717, 1.165) is 17.0 Å². The standard InChI is InChI=1S/C27H25N7O2/c1-17(2)36-22-9-7-21(8-10-22)31-27(35)24-25(33-15-18-5-3-4-6-19(18)16-33)26-28-12-11-23(34(26)32-24)20-13-29-30-14-20/h3-14,17H,15-16H2,1-2H3,(H,29,30)(H,31,35). The second-order valence-corrected chi connectivity index (χ2v) is 9.02. The fourth-order valence-corrected chi connectivity index (χ4v) is 4.56. The predicted octanol–water partition coefficient (Wildman–Crippen LogP) is 4.68. The average molecular weight is 480 g/mol. The summed E-state index contributed by atoms with van der Waals surface area (Å²) in [5, 5.41) is 14.7. The van der Waals surface area contributed by atoms with Crippen LogP contribution in [-0.2, 0) is 13.1 Å². The Morgan fingerprint density at radius 2 is 1.81 bits per heavy atom. The number of ether oxygens (including phenoxy) is 1. The molecule has 0 radical (unpaired) electrons. The van der Waals surface area contributed by atoms with Crippen LogP contribution in [0.4, 0.5) is 11.4 Å². The Balaban J connectivity index is 1.41. The Kier molecular flexibility index (Phi) is 5.37. The maximum absolute atomic E-state index is 13.6. The van der Waals surface area contributed by atoms with Gasteiger partial charge in [-0.1, -0.05) is 24.3 Å². The molecule has 2 aromatic carbocycles. The number of amides is 1. The van der Waals surface area contributed by atoms with E-state index < -0.39 is 0 Å². The van der Waals surface area contributed by atoms with E-state index in [0.29, 0.717) is 35.8 Å². The van der Waals surface area contributed by atoms with E-state index in [-0.39, 0.29) is 12.0 Å². The van der Waals surface area contributed by atoms with Gasteiger partial charge >= 0.3 is 0 Å². The third kappa shape index (κ3) is 3.94. The molecule has 180 valence electrons. The van der Waals surface area contributed by atoms with Gasteiger partial charge in [0.15, 0.2) is 11.3 Å². The first-order valence-corrected chi connectivity index (χ1v) is 11.8. The van der Waals surface area contributed by atoms with E-state index in [1.807, 2.05) is 56.3 Å². The van der Waals surface area contributed by atoms with E-state index in [2.05, 4.69) is 37.5 Å². The monoisotopic (exact) mass is 479 g/mol. The lowest BCUT2D eigenvalue weighted by Gasteiger charge is -2.17. The summed E-state index contributed by atoms with van der Waals surface area (Å²) in [5.41, 5.74) is 6.40. The third-order valence-electron chi connectivity index (χ3n) is 6.14. The number of hydrogen-bond donors (Lipinski definition) is 2. The minimum absolute atomic E-state index is 0.0764. The van der Waals surface area contributed by atoms with Crippen LogP contribution in [0.1, 0.15) is 35.5 Å². The van der Waals surface area contributed by atoms with Gasteiger partial charge in [-0.25, -0.2) is 9.50 Å². The van der Waals surface area contributed by atoms with Gasteiger partial charge in [0.1, 0.15) is 11.4 Å². The number of hydrogen-bond acceptors (Lipinski definition) is 6. The van der Waals surface area contributed by atoms with Crippen molar-refractivity contribution in [1.82, 2.24) is 24.8 Å². The Morgan fingerprint density at radius 1 is 1.06 bits per heavy atom. The Labute approximate surface area is 207 Å². The van der Waals surface area contributed by atoms with Crippen molar-refractivity contribution in [3.05, 3.63) is 90.0 Å². The zero-order chi connectivity index (χ0) is 24.6. The Hall–Kier alpha value is -4.66. The van der Waals surface area contributed by atoms with Gasteiger partial charge in [0.25, 0.3) is 5.91 Å². The highest BCUT2D eigenvalue weighted by Crippen LogP contribution is 2.35. The molecule has 1 amide bonds. The van der Waals surface area contributed by atoms with Crippen LogP contribution in [0.25, 0.3) is 16.9 Å². The minimum atomic E-state index is -0.304. The molecule has 0 bridgehead atoms. The number of carbonyl (C=O) groups is 1. The minimum Gasteiger partial charge on any atom is -0.491 e. The smallest absolute Gasteiger partial charge is 0.278 e. The number of aromatic nitrogens is 5. The molecule has 6 rings (SSSR count). The molecule has 0 fully saturated rings. The fourth-order valence-electron chi connectivity index (χ4n) is 4.56. The molecule has 1 aliphatic heterocycles. The zero-order valence-corrected chi connectivity index (χ0v) is 20.0. The largest absolute Gasteiger partial charge is 0.491 e. The number of aromatic amines is 1. The number of H-pyrrole nitrogens is 1. The molecule has 1 aliphatic rings. The molecule has 0 spiro atoms. The molecule has 0 unspecified atom stereocenters. The van der Waals surface area contributed by atoms with E-state index >= 15 is 0 Å². The van der Waals surface area contributed by atoms with E-state index in [4.69, 9.17) is 9.84 Å². The molecule has 0 aliphatic carbocycles. The molecule has 4 heterocycles. The van der Waals surface area contributed by atoms with Crippen molar-refractivity contribution in [2.75, 3.05) is 10.2 Å². The highest BCUT2D eigenvalue weighted by atomic mass is 16.5. The van der Waals surface area contributed by atoms with Gasteiger partial charge in [-0.3, -0.25) is 9.89 Å². The van der Waals surface area contributed by atoms with E-state index in [1.54, 1.807) is 23.1 Å². The Bertz CT molecular complexity index is 1510. The lowest BCUT2D eigenvalue weighted by molar-refractivity contribution is 0.102. The Morgan fingerprint density at radius 3 is 2.47 bits per heavy atom. The highest BCUT2D eigenvalue weighted by Gasteiger charge is 2.30. The van der Waals surface area contributed by atoms with Gasteiger partial charge in [-0.05, 0) is 55.3 Å². The number of fused-ring (bicyclic) bond motifs is 2. The number of anilines is 2. The molecule has 0 saturated heterocycles. The number of carbonyl (C=O) groups excluding carboxylic acids is 1. The molecule has 0 atom stereocenters.